The van der Waals surface area contributed by atoms with Crippen LogP contribution in [0.1, 0.15) is 17.3 Å². The van der Waals surface area contributed by atoms with Gasteiger partial charge in [0, 0.05) is 12.6 Å². The van der Waals surface area contributed by atoms with E-state index in [2.05, 4.69) is 5.32 Å². The number of carbonyl (C=O) groups excluding carboxylic acids is 1. The summed E-state index contributed by atoms with van der Waals surface area (Å²) in [4.78, 5) is 11.5. The summed E-state index contributed by atoms with van der Waals surface area (Å²) in [7, 11) is 0. The SMILES string of the molecule is C[C@H](CN)NC(=O)c1cc(F)c(Cl)cc1F.Cl. The molecule has 0 radical (unpaired) electrons. The van der Waals surface area contributed by atoms with Crippen molar-refractivity contribution in [3.63, 3.8) is 0 Å². The molecule has 1 atom stereocenters. The van der Waals surface area contributed by atoms with Crippen molar-refractivity contribution in [2.45, 2.75) is 13.0 Å². The maximum absolute atomic E-state index is 13.3. The van der Waals surface area contributed by atoms with Crippen LogP contribution < -0.4 is 11.1 Å². The smallest absolute Gasteiger partial charge is 0.254 e. The standard InChI is InChI=1S/C10H11ClF2N2O.ClH/c1-5(4-14)15-10(16)6-2-9(13)7(11)3-8(6)12;/h2-3,5H,4,14H2,1H3,(H,15,16);1H/t5-;/m1./s1. The Morgan fingerprint density at radius 3 is 2.59 bits per heavy atom. The Morgan fingerprint density at radius 2 is 2.06 bits per heavy atom. The zero-order chi connectivity index (χ0) is 12.3. The molecule has 96 valence electrons. The summed E-state index contributed by atoms with van der Waals surface area (Å²) in [5, 5.41) is 2.06. The van der Waals surface area contributed by atoms with Gasteiger partial charge in [0.2, 0.25) is 0 Å². The Labute approximate surface area is 109 Å². The fourth-order valence-electron chi connectivity index (χ4n) is 1.06. The van der Waals surface area contributed by atoms with Crippen molar-refractivity contribution in [2.24, 2.45) is 5.73 Å². The zero-order valence-corrected chi connectivity index (χ0v) is 10.5. The maximum Gasteiger partial charge on any atom is 0.254 e. The van der Waals surface area contributed by atoms with Gasteiger partial charge in [-0.3, -0.25) is 4.79 Å². The van der Waals surface area contributed by atoms with Crippen LogP contribution in [0.3, 0.4) is 0 Å². The molecular weight excluding hydrogens is 273 g/mol. The molecule has 0 heterocycles. The normalized spacial score (nSPS) is 11.6. The maximum atomic E-state index is 13.3. The molecule has 0 unspecified atom stereocenters. The first-order valence-electron chi connectivity index (χ1n) is 4.61. The highest BCUT2D eigenvalue weighted by molar-refractivity contribution is 6.30. The predicted molar refractivity (Wildman–Crippen MR) is 64.6 cm³/mol. The molecular formula is C10H12Cl2F2N2O. The van der Waals surface area contributed by atoms with E-state index in [4.69, 9.17) is 17.3 Å². The average molecular weight is 285 g/mol. The van der Waals surface area contributed by atoms with Crippen molar-refractivity contribution in [3.8, 4) is 0 Å². The summed E-state index contributed by atoms with van der Waals surface area (Å²) in [5.41, 5.74) is 4.90. The van der Waals surface area contributed by atoms with E-state index in [1.807, 2.05) is 0 Å². The van der Waals surface area contributed by atoms with E-state index in [0.717, 1.165) is 12.1 Å². The number of amides is 1. The molecule has 0 saturated heterocycles. The zero-order valence-electron chi connectivity index (χ0n) is 8.97. The highest BCUT2D eigenvalue weighted by atomic mass is 35.5. The van der Waals surface area contributed by atoms with Gasteiger partial charge in [0.15, 0.2) is 0 Å². The van der Waals surface area contributed by atoms with Crippen molar-refractivity contribution in [1.29, 1.82) is 0 Å². The molecule has 0 bridgehead atoms. The Bertz CT molecular complexity index is 416. The second kappa shape index (κ2) is 6.74. The molecule has 1 aromatic rings. The third kappa shape index (κ3) is 4.11. The second-order valence-electron chi connectivity index (χ2n) is 3.36. The lowest BCUT2D eigenvalue weighted by atomic mass is 10.2. The Kier molecular flexibility index (Phi) is 6.37. The largest absolute Gasteiger partial charge is 0.348 e. The van der Waals surface area contributed by atoms with Crippen LogP contribution in [0.25, 0.3) is 0 Å². The van der Waals surface area contributed by atoms with Gasteiger partial charge in [-0.05, 0) is 19.1 Å². The number of hydrogen-bond donors (Lipinski definition) is 2. The molecule has 1 amide bonds. The Morgan fingerprint density at radius 1 is 1.47 bits per heavy atom. The van der Waals surface area contributed by atoms with Gasteiger partial charge in [-0.1, -0.05) is 11.6 Å². The van der Waals surface area contributed by atoms with Crippen LogP contribution in [0.5, 0.6) is 0 Å². The highest BCUT2D eigenvalue weighted by Crippen LogP contribution is 2.19. The van der Waals surface area contributed by atoms with Gasteiger partial charge < -0.3 is 11.1 Å². The van der Waals surface area contributed by atoms with Crippen LogP contribution in [-0.4, -0.2) is 18.5 Å². The number of nitrogens with one attached hydrogen (secondary N) is 1. The molecule has 0 aliphatic heterocycles. The first-order chi connectivity index (χ1) is 7.45. The van der Waals surface area contributed by atoms with Crippen LogP contribution in [0, 0.1) is 11.6 Å². The van der Waals surface area contributed by atoms with Crippen molar-refractivity contribution in [2.75, 3.05) is 6.54 Å². The molecule has 0 spiro atoms. The summed E-state index contributed by atoms with van der Waals surface area (Å²) in [6.45, 7) is 1.87. The molecule has 0 aromatic heterocycles. The summed E-state index contributed by atoms with van der Waals surface area (Å²) in [5.74, 6) is -2.42. The van der Waals surface area contributed by atoms with E-state index in [9.17, 15) is 13.6 Å². The number of halogens is 4. The molecule has 1 rings (SSSR count). The van der Waals surface area contributed by atoms with E-state index in [1.165, 1.54) is 0 Å². The second-order valence-corrected chi connectivity index (χ2v) is 3.76. The van der Waals surface area contributed by atoms with Crippen LogP contribution in [0.4, 0.5) is 8.78 Å². The van der Waals surface area contributed by atoms with Gasteiger partial charge >= 0.3 is 0 Å². The summed E-state index contributed by atoms with van der Waals surface area (Å²) >= 11 is 5.36. The summed E-state index contributed by atoms with van der Waals surface area (Å²) in [6.07, 6.45) is 0. The Hall–Kier alpha value is -0.910. The summed E-state index contributed by atoms with van der Waals surface area (Å²) in [6, 6.07) is 1.21. The minimum atomic E-state index is -0.867. The van der Waals surface area contributed by atoms with Crippen LogP contribution >= 0.6 is 24.0 Å². The van der Waals surface area contributed by atoms with Crippen LogP contribution in [0.15, 0.2) is 12.1 Å². The minimum absolute atomic E-state index is 0. The monoisotopic (exact) mass is 284 g/mol. The van der Waals surface area contributed by atoms with Crippen LogP contribution in [0.2, 0.25) is 5.02 Å². The van der Waals surface area contributed by atoms with E-state index in [-0.39, 0.29) is 35.6 Å². The molecule has 1 aromatic carbocycles. The number of hydrogen-bond acceptors (Lipinski definition) is 2. The predicted octanol–water partition coefficient (Wildman–Crippen LogP) is 2.12. The first-order valence-corrected chi connectivity index (χ1v) is 4.99. The fraction of sp³-hybridized carbons (Fsp3) is 0.300. The average Bonchev–Trinajstić information content (AvgIpc) is 2.23. The minimum Gasteiger partial charge on any atom is -0.348 e. The van der Waals surface area contributed by atoms with Gasteiger partial charge in [-0.15, -0.1) is 12.4 Å². The number of rotatable bonds is 3. The quantitative estimate of drug-likeness (QED) is 0.836. The third-order valence-electron chi connectivity index (χ3n) is 1.99. The topological polar surface area (TPSA) is 55.1 Å². The number of benzene rings is 1. The molecule has 3 nitrogen and oxygen atoms in total. The molecule has 0 saturated carbocycles. The van der Waals surface area contributed by atoms with Gasteiger partial charge in [-0.25, -0.2) is 8.78 Å². The van der Waals surface area contributed by atoms with Gasteiger partial charge in [0.1, 0.15) is 11.6 Å². The van der Waals surface area contributed by atoms with Crippen molar-refractivity contribution < 1.29 is 13.6 Å². The molecule has 0 fully saturated rings. The molecule has 3 N–H and O–H groups in total. The molecule has 17 heavy (non-hydrogen) atoms. The van der Waals surface area contributed by atoms with Crippen molar-refractivity contribution >= 4 is 29.9 Å². The summed E-state index contributed by atoms with van der Waals surface area (Å²) < 4.78 is 26.3. The van der Waals surface area contributed by atoms with E-state index < -0.39 is 17.5 Å². The van der Waals surface area contributed by atoms with Crippen molar-refractivity contribution in [1.82, 2.24) is 5.32 Å². The number of carbonyl (C=O) groups is 1. The van der Waals surface area contributed by atoms with Crippen molar-refractivity contribution in [3.05, 3.63) is 34.4 Å². The fourth-order valence-corrected chi connectivity index (χ4v) is 1.21. The lowest BCUT2D eigenvalue weighted by molar-refractivity contribution is 0.0936. The van der Waals surface area contributed by atoms with Gasteiger partial charge in [0.25, 0.3) is 5.91 Å². The first kappa shape index (κ1) is 16.1. The molecule has 0 aliphatic carbocycles. The van der Waals surface area contributed by atoms with E-state index in [1.54, 1.807) is 6.92 Å². The van der Waals surface area contributed by atoms with Gasteiger partial charge in [-0.2, -0.15) is 0 Å². The molecule has 7 heteroatoms. The highest BCUT2D eigenvalue weighted by Gasteiger charge is 2.16. The number of nitrogens with two attached hydrogens (primary N) is 1. The van der Waals surface area contributed by atoms with Crippen LogP contribution in [-0.2, 0) is 0 Å². The Balaban J connectivity index is 0.00000256. The van der Waals surface area contributed by atoms with E-state index in [0.29, 0.717) is 0 Å². The lowest BCUT2D eigenvalue weighted by Gasteiger charge is -2.11. The van der Waals surface area contributed by atoms with E-state index >= 15 is 0 Å². The lowest BCUT2D eigenvalue weighted by Crippen LogP contribution is -2.38. The molecule has 0 aliphatic rings. The van der Waals surface area contributed by atoms with Gasteiger partial charge in [0.05, 0.1) is 10.6 Å². The third-order valence-corrected chi connectivity index (χ3v) is 2.28.